The lowest BCUT2D eigenvalue weighted by molar-refractivity contribution is 0.351. The molecule has 1 aromatic carbocycles. The smallest absolute Gasteiger partial charge is 0.178 e. The second kappa shape index (κ2) is 4.17. The van der Waals surface area contributed by atoms with Gasteiger partial charge in [0.15, 0.2) is 4.77 Å². The minimum Gasteiger partial charge on any atom is -0.328 e. The molecule has 0 atom stereocenters. The van der Waals surface area contributed by atoms with E-state index < -0.39 is 0 Å². The van der Waals surface area contributed by atoms with Gasteiger partial charge < -0.3 is 9.55 Å². The number of nitrogens with one attached hydrogen (secondary N) is 1. The highest BCUT2D eigenvalue weighted by atomic mass is 32.1. The van der Waals surface area contributed by atoms with E-state index in [0.29, 0.717) is 10.3 Å². The summed E-state index contributed by atoms with van der Waals surface area (Å²) in [6.07, 6.45) is 5.47. The van der Waals surface area contributed by atoms with Crippen LogP contribution in [0.5, 0.6) is 0 Å². The van der Waals surface area contributed by atoms with Crippen LogP contribution in [0.1, 0.15) is 25.7 Å². The summed E-state index contributed by atoms with van der Waals surface area (Å²) in [7, 11) is 0. The quantitative estimate of drug-likeness (QED) is 0.827. The van der Waals surface area contributed by atoms with Crippen LogP contribution in [0.4, 0.5) is 4.39 Å². The maximum absolute atomic E-state index is 13.8. The van der Waals surface area contributed by atoms with E-state index in [-0.39, 0.29) is 5.82 Å². The standard InChI is InChI=1S/C15H17FN2S/c16-12-2-1-3-13-14(12)17-15(19)18(13)8-11(9-4-5-9)10-6-7-10/h1-3,9-11H,4-8H2,(H,17,19). The second-order valence-corrected chi connectivity index (χ2v) is 6.40. The Balaban J connectivity index is 1.75. The fourth-order valence-corrected chi connectivity index (χ4v) is 3.54. The van der Waals surface area contributed by atoms with Crippen molar-refractivity contribution < 1.29 is 4.39 Å². The minimum absolute atomic E-state index is 0.211. The Hall–Kier alpha value is -1.16. The van der Waals surface area contributed by atoms with Crippen LogP contribution < -0.4 is 0 Å². The SMILES string of the molecule is Fc1cccc2c1[nH]c(=S)n2CC(C1CC1)C1CC1. The van der Waals surface area contributed by atoms with Crippen molar-refractivity contribution in [3.8, 4) is 0 Å². The lowest BCUT2D eigenvalue weighted by Crippen LogP contribution is -2.15. The van der Waals surface area contributed by atoms with Gasteiger partial charge >= 0.3 is 0 Å². The molecule has 1 heterocycles. The number of halogens is 1. The summed E-state index contributed by atoms with van der Waals surface area (Å²) in [5, 5.41) is 0. The van der Waals surface area contributed by atoms with Crippen LogP contribution >= 0.6 is 12.2 Å². The average molecular weight is 276 g/mol. The molecule has 100 valence electrons. The van der Waals surface area contributed by atoms with Gasteiger partial charge in [0, 0.05) is 6.54 Å². The van der Waals surface area contributed by atoms with E-state index in [1.165, 1.54) is 31.7 Å². The molecule has 4 heteroatoms. The largest absolute Gasteiger partial charge is 0.328 e. The zero-order valence-electron chi connectivity index (χ0n) is 10.7. The van der Waals surface area contributed by atoms with E-state index in [1.54, 1.807) is 6.07 Å². The van der Waals surface area contributed by atoms with Crippen molar-refractivity contribution in [1.82, 2.24) is 9.55 Å². The van der Waals surface area contributed by atoms with Crippen LogP contribution in [0.15, 0.2) is 18.2 Å². The molecule has 0 spiro atoms. The van der Waals surface area contributed by atoms with Gasteiger partial charge in [0.05, 0.1) is 5.52 Å². The van der Waals surface area contributed by atoms with E-state index in [2.05, 4.69) is 9.55 Å². The highest BCUT2D eigenvalue weighted by molar-refractivity contribution is 7.71. The van der Waals surface area contributed by atoms with Gasteiger partial charge in [-0.3, -0.25) is 0 Å². The Kier molecular flexibility index (Phi) is 2.56. The maximum atomic E-state index is 13.8. The van der Waals surface area contributed by atoms with Crippen LogP contribution in [-0.2, 0) is 6.54 Å². The summed E-state index contributed by atoms with van der Waals surface area (Å²) in [4.78, 5) is 3.02. The number of nitrogens with zero attached hydrogens (tertiary/aromatic N) is 1. The average Bonchev–Trinajstić information content (AvgIpc) is 3.26. The summed E-state index contributed by atoms with van der Waals surface area (Å²) >= 11 is 5.39. The Labute approximate surface area is 116 Å². The first-order valence-electron chi connectivity index (χ1n) is 7.11. The molecular weight excluding hydrogens is 259 g/mol. The fourth-order valence-electron chi connectivity index (χ4n) is 3.27. The van der Waals surface area contributed by atoms with Gasteiger partial charge in [0.25, 0.3) is 0 Å². The highest BCUT2D eigenvalue weighted by Crippen LogP contribution is 2.50. The Morgan fingerprint density at radius 1 is 1.26 bits per heavy atom. The number of H-pyrrole nitrogens is 1. The number of fused-ring (bicyclic) bond motifs is 1. The van der Waals surface area contributed by atoms with Crippen LogP contribution in [0.3, 0.4) is 0 Å². The first-order chi connectivity index (χ1) is 9.24. The normalized spacial score (nSPS) is 19.5. The van der Waals surface area contributed by atoms with Gasteiger partial charge in [0.1, 0.15) is 11.3 Å². The van der Waals surface area contributed by atoms with Gasteiger partial charge in [-0.15, -0.1) is 0 Å². The molecule has 2 saturated carbocycles. The predicted molar refractivity (Wildman–Crippen MR) is 76.0 cm³/mol. The van der Waals surface area contributed by atoms with E-state index in [4.69, 9.17) is 12.2 Å². The third-order valence-electron chi connectivity index (χ3n) is 4.61. The van der Waals surface area contributed by atoms with Gasteiger partial charge in [-0.2, -0.15) is 0 Å². The molecule has 2 aromatic rings. The van der Waals surface area contributed by atoms with Crippen LogP contribution in [0.25, 0.3) is 11.0 Å². The van der Waals surface area contributed by atoms with Crippen LogP contribution in [0.2, 0.25) is 0 Å². The summed E-state index contributed by atoms with van der Waals surface area (Å²) in [5.74, 6) is 2.30. The van der Waals surface area contributed by atoms with E-state index in [9.17, 15) is 4.39 Å². The molecule has 2 fully saturated rings. The van der Waals surface area contributed by atoms with E-state index >= 15 is 0 Å². The topological polar surface area (TPSA) is 20.7 Å². The summed E-state index contributed by atoms with van der Waals surface area (Å²) < 4.78 is 16.5. The molecule has 1 aromatic heterocycles. The first kappa shape index (κ1) is 11.6. The summed E-state index contributed by atoms with van der Waals surface area (Å²) in [6, 6.07) is 5.21. The van der Waals surface area contributed by atoms with E-state index in [1.807, 2.05) is 6.07 Å². The number of benzene rings is 1. The van der Waals surface area contributed by atoms with Gasteiger partial charge in [0.2, 0.25) is 0 Å². The van der Waals surface area contributed by atoms with Crippen molar-refractivity contribution in [3.05, 3.63) is 28.8 Å². The highest BCUT2D eigenvalue weighted by Gasteiger charge is 2.41. The maximum Gasteiger partial charge on any atom is 0.178 e. The molecule has 2 nitrogen and oxygen atoms in total. The third-order valence-corrected chi connectivity index (χ3v) is 4.93. The molecule has 1 N–H and O–H groups in total. The number of aromatic amines is 1. The van der Waals surface area contributed by atoms with Crippen LogP contribution in [0, 0.1) is 28.3 Å². The number of hydrogen-bond acceptors (Lipinski definition) is 1. The molecule has 0 aliphatic heterocycles. The number of aromatic nitrogens is 2. The van der Waals surface area contributed by atoms with Gasteiger partial charge in [-0.05, 0) is 67.8 Å². The Bertz CT molecular complexity index is 667. The molecule has 19 heavy (non-hydrogen) atoms. The van der Waals surface area contributed by atoms with Crippen molar-refractivity contribution >= 4 is 23.3 Å². The van der Waals surface area contributed by atoms with Crippen molar-refractivity contribution in [2.45, 2.75) is 32.2 Å². The van der Waals surface area contributed by atoms with E-state index in [0.717, 1.165) is 29.8 Å². The number of para-hydroxylation sites is 1. The molecule has 2 aliphatic carbocycles. The molecule has 0 unspecified atom stereocenters. The minimum atomic E-state index is -0.211. The Morgan fingerprint density at radius 3 is 2.58 bits per heavy atom. The molecule has 2 aliphatic rings. The van der Waals surface area contributed by atoms with Crippen molar-refractivity contribution in [2.24, 2.45) is 17.8 Å². The van der Waals surface area contributed by atoms with Crippen molar-refractivity contribution in [1.29, 1.82) is 0 Å². The number of rotatable bonds is 4. The number of imidazole rings is 1. The zero-order chi connectivity index (χ0) is 13.0. The lowest BCUT2D eigenvalue weighted by atomic mass is 9.98. The summed E-state index contributed by atoms with van der Waals surface area (Å²) in [6.45, 7) is 0.956. The van der Waals surface area contributed by atoms with Gasteiger partial charge in [-0.1, -0.05) is 6.07 Å². The first-order valence-corrected chi connectivity index (χ1v) is 7.52. The Morgan fingerprint density at radius 2 is 1.95 bits per heavy atom. The summed E-state index contributed by atoms with van der Waals surface area (Å²) in [5.41, 5.74) is 1.47. The lowest BCUT2D eigenvalue weighted by Gasteiger charge is -2.16. The van der Waals surface area contributed by atoms with Crippen molar-refractivity contribution in [3.63, 3.8) is 0 Å². The van der Waals surface area contributed by atoms with Crippen molar-refractivity contribution in [2.75, 3.05) is 0 Å². The molecule has 0 saturated heterocycles. The predicted octanol–water partition coefficient (Wildman–Crippen LogP) is 4.27. The molecule has 0 bridgehead atoms. The fraction of sp³-hybridized carbons (Fsp3) is 0.533. The number of hydrogen-bond donors (Lipinski definition) is 1. The molecule has 0 amide bonds. The zero-order valence-corrected chi connectivity index (χ0v) is 11.5. The molecule has 0 radical (unpaired) electrons. The second-order valence-electron chi connectivity index (χ2n) is 6.01. The third kappa shape index (κ3) is 2.02. The van der Waals surface area contributed by atoms with Crippen LogP contribution in [-0.4, -0.2) is 9.55 Å². The monoisotopic (exact) mass is 276 g/mol. The van der Waals surface area contributed by atoms with Gasteiger partial charge in [-0.25, -0.2) is 4.39 Å². The molecular formula is C15H17FN2S. The molecule has 4 rings (SSSR count).